The van der Waals surface area contributed by atoms with E-state index in [1.165, 1.54) is 11.1 Å². The Morgan fingerprint density at radius 1 is 1.23 bits per heavy atom. The Morgan fingerprint density at radius 2 is 2.03 bits per heavy atom. The minimum Gasteiger partial charge on any atom is -0.357 e. The third-order valence-corrected chi connectivity index (χ3v) is 6.16. The van der Waals surface area contributed by atoms with Gasteiger partial charge in [-0.05, 0) is 43.5 Å². The summed E-state index contributed by atoms with van der Waals surface area (Å²) in [6.07, 6.45) is 7.05. The standard InChI is InChI=1S/C24H38N6/c1-5-26-24(29-13-11-20(4)23(18-29)30-14-12-25-19-30)27-16-21-9-8-10-22(15-21)17-28(6-2)7-3/h8-10,12,14-15,19-20,23H,5-7,11,13,16-18H2,1-4H3,(H,26,27). The van der Waals surface area contributed by atoms with E-state index in [4.69, 9.17) is 4.99 Å². The number of rotatable bonds is 8. The monoisotopic (exact) mass is 410 g/mol. The number of likely N-dealkylation sites (tertiary alicyclic amines) is 1. The largest absolute Gasteiger partial charge is 0.357 e. The van der Waals surface area contributed by atoms with Crippen LogP contribution in [0.5, 0.6) is 0 Å². The van der Waals surface area contributed by atoms with Crippen molar-refractivity contribution in [1.29, 1.82) is 0 Å². The molecule has 1 aliphatic heterocycles. The topological polar surface area (TPSA) is 48.7 Å². The second-order valence-electron chi connectivity index (χ2n) is 8.24. The van der Waals surface area contributed by atoms with Crippen LogP contribution in [0, 0.1) is 5.92 Å². The number of piperidine rings is 1. The summed E-state index contributed by atoms with van der Waals surface area (Å²) in [5, 5.41) is 3.51. The SMILES string of the molecule is CCNC(=NCc1cccc(CN(CC)CC)c1)N1CCC(C)C(n2ccnc2)C1. The summed E-state index contributed by atoms with van der Waals surface area (Å²) in [7, 11) is 0. The number of hydrogen-bond donors (Lipinski definition) is 1. The van der Waals surface area contributed by atoms with Gasteiger partial charge in [-0.1, -0.05) is 45.0 Å². The molecule has 1 aromatic carbocycles. The first kappa shape index (κ1) is 22.3. The maximum absolute atomic E-state index is 5.00. The zero-order valence-electron chi connectivity index (χ0n) is 19.1. The highest BCUT2D eigenvalue weighted by molar-refractivity contribution is 5.80. The van der Waals surface area contributed by atoms with E-state index in [-0.39, 0.29) is 0 Å². The van der Waals surface area contributed by atoms with E-state index < -0.39 is 0 Å². The molecule has 164 valence electrons. The summed E-state index contributed by atoms with van der Waals surface area (Å²) in [5.74, 6) is 1.65. The Labute approximate surface area is 182 Å². The van der Waals surface area contributed by atoms with E-state index in [0.29, 0.717) is 18.5 Å². The molecule has 1 aliphatic rings. The van der Waals surface area contributed by atoms with Gasteiger partial charge < -0.3 is 14.8 Å². The van der Waals surface area contributed by atoms with Crippen molar-refractivity contribution in [2.24, 2.45) is 10.9 Å². The van der Waals surface area contributed by atoms with Crippen LogP contribution in [0.1, 0.15) is 51.3 Å². The third kappa shape index (κ3) is 5.85. The van der Waals surface area contributed by atoms with E-state index in [1.807, 2.05) is 12.5 Å². The van der Waals surface area contributed by atoms with E-state index >= 15 is 0 Å². The van der Waals surface area contributed by atoms with E-state index in [2.05, 4.69) is 82.8 Å². The molecule has 6 nitrogen and oxygen atoms in total. The number of imidazole rings is 1. The van der Waals surface area contributed by atoms with E-state index in [1.54, 1.807) is 0 Å². The van der Waals surface area contributed by atoms with Crippen LogP contribution in [0.4, 0.5) is 0 Å². The highest BCUT2D eigenvalue weighted by Crippen LogP contribution is 2.27. The van der Waals surface area contributed by atoms with Crippen molar-refractivity contribution in [3.63, 3.8) is 0 Å². The Morgan fingerprint density at radius 3 is 2.73 bits per heavy atom. The molecule has 0 bridgehead atoms. The van der Waals surface area contributed by atoms with Gasteiger partial charge in [0, 0.05) is 38.6 Å². The van der Waals surface area contributed by atoms with Gasteiger partial charge in [0.1, 0.15) is 0 Å². The minimum atomic E-state index is 0.433. The van der Waals surface area contributed by atoms with Crippen molar-refractivity contribution < 1.29 is 0 Å². The number of aliphatic imine (C=N–C) groups is 1. The van der Waals surface area contributed by atoms with Gasteiger partial charge in [-0.2, -0.15) is 0 Å². The molecule has 0 aliphatic carbocycles. The van der Waals surface area contributed by atoms with Crippen LogP contribution < -0.4 is 5.32 Å². The molecule has 1 saturated heterocycles. The molecule has 30 heavy (non-hydrogen) atoms. The Balaban J connectivity index is 1.70. The molecule has 2 atom stereocenters. The summed E-state index contributed by atoms with van der Waals surface area (Å²) in [6.45, 7) is 15.7. The van der Waals surface area contributed by atoms with Gasteiger partial charge >= 0.3 is 0 Å². The van der Waals surface area contributed by atoms with Gasteiger partial charge in [0.25, 0.3) is 0 Å². The van der Waals surface area contributed by atoms with E-state index in [0.717, 1.165) is 51.6 Å². The normalized spacial score (nSPS) is 20.0. The molecule has 3 rings (SSSR count). The molecule has 2 heterocycles. The zero-order chi connectivity index (χ0) is 21.3. The van der Waals surface area contributed by atoms with Gasteiger partial charge in [-0.3, -0.25) is 4.90 Å². The Bertz CT molecular complexity index is 781. The summed E-state index contributed by atoms with van der Waals surface area (Å²) >= 11 is 0. The molecule has 6 heteroatoms. The predicted octanol–water partition coefficient (Wildman–Crippen LogP) is 3.77. The summed E-state index contributed by atoms with van der Waals surface area (Å²) in [6, 6.07) is 9.30. The van der Waals surface area contributed by atoms with Gasteiger partial charge in [0.05, 0.1) is 18.9 Å². The molecule has 2 aromatic rings. The first-order chi connectivity index (χ1) is 14.6. The predicted molar refractivity (Wildman–Crippen MR) is 125 cm³/mol. The molecule has 0 amide bonds. The molecular weight excluding hydrogens is 372 g/mol. The summed E-state index contributed by atoms with van der Waals surface area (Å²) in [4.78, 5) is 14.1. The van der Waals surface area contributed by atoms with Crippen molar-refractivity contribution in [3.05, 3.63) is 54.1 Å². The zero-order valence-corrected chi connectivity index (χ0v) is 19.1. The molecule has 1 N–H and O–H groups in total. The van der Waals surface area contributed by atoms with Crippen molar-refractivity contribution >= 4 is 5.96 Å². The fourth-order valence-corrected chi connectivity index (χ4v) is 4.22. The van der Waals surface area contributed by atoms with Gasteiger partial charge in [0.2, 0.25) is 0 Å². The lowest BCUT2D eigenvalue weighted by atomic mass is 9.93. The number of hydrogen-bond acceptors (Lipinski definition) is 3. The van der Waals surface area contributed by atoms with Crippen LogP contribution in [0.15, 0.2) is 48.0 Å². The maximum atomic E-state index is 5.00. The van der Waals surface area contributed by atoms with Gasteiger partial charge in [-0.15, -0.1) is 0 Å². The van der Waals surface area contributed by atoms with Crippen LogP contribution in [-0.4, -0.2) is 58.0 Å². The molecule has 1 fully saturated rings. The van der Waals surface area contributed by atoms with Gasteiger partial charge in [0.15, 0.2) is 5.96 Å². The fraction of sp³-hybridized carbons (Fsp3) is 0.583. The number of guanidine groups is 1. The first-order valence-corrected chi connectivity index (χ1v) is 11.4. The highest BCUT2D eigenvalue weighted by atomic mass is 15.3. The van der Waals surface area contributed by atoms with Crippen LogP contribution in [0.2, 0.25) is 0 Å². The molecule has 1 aromatic heterocycles. The van der Waals surface area contributed by atoms with Crippen molar-refractivity contribution in [1.82, 2.24) is 24.7 Å². The maximum Gasteiger partial charge on any atom is 0.194 e. The second kappa shape index (κ2) is 11.2. The van der Waals surface area contributed by atoms with Crippen LogP contribution in [-0.2, 0) is 13.1 Å². The fourth-order valence-electron chi connectivity index (χ4n) is 4.22. The lowest BCUT2D eigenvalue weighted by Gasteiger charge is -2.39. The quantitative estimate of drug-likeness (QED) is 0.532. The van der Waals surface area contributed by atoms with Gasteiger partial charge in [-0.25, -0.2) is 9.98 Å². The lowest BCUT2D eigenvalue weighted by Crippen LogP contribution is -2.49. The van der Waals surface area contributed by atoms with E-state index in [9.17, 15) is 0 Å². The number of aromatic nitrogens is 2. The smallest absolute Gasteiger partial charge is 0.194 e. The molecule has 2 unspecified atom stereocenters. The average molecular weight is 411 g/mol. The second-order valence-corrected chi connectivity index (χ2v) is 8.24. The molecule has 0 spiro atoms. The summed E-state index contributed by atoms with van der Waals surface area (Å²) < 4.78 is 2.25. The highest BCUT2D eigenvalue weighted by Gasteiger charge is 2.28. The number of nitrogens with one attached hydrogen (secondary N) is 1. The lowest BCUT2D eigenvalue weighted by molar-refractivity contribution is 0.189. The Hall–Kier alpha value is -2.34. The number of benzene rings is 1. The minimum absolute atomic E-state index is 0.433. The third-order valence-electron chi connectivity index (χ3n) is 6.16. The molecule has 0 radical (unpaired) electrons. The number of nitrogens with zero attached hydrogens (tertiary/aromatic N) is 5. The van der Waals surface area contributed by atoms with Crippen molar-refractivity contribution in [2.75, 3.05) is 32.7 Å². The van der Waals surface area contributed by atoms with Crippen molar-refractivity contribution in [2.45, 2.75) is 53.2 Å². The average Bonchev–Trinajstić information content (AvgIpc) is 3.30. The Kier molecular flexibility index (Phi) is 8.31. The molecule has 0 saturated carbocycles. The van der Waals surface area contributed by atoms with Crippen LogP contribution >= 0.6 is 0 Å². The van der Waals surface area contributed by atoms with Crippen LogP contribution in [0.25, 0.3) is 0 Å². The molecular formula is C24H38N6. The summed E-state index contributed by atoms with van der Waals surface area (Å²) in [5.41, 5.74) is 2.63. The van der Waals surface area contributed by atoms with Crippen molar-refractivity contribution in [3.8, 4) is 0 Å². The van der Waals surface area contributed by atoms with Crippen LogP contribution in [0.3, 0.4) is 0 Å². The first-order valence-electron chi connectivity index (χ1n) is 11.4.